The Kier molecular flexibility index (Phi) is 4.03. The summed E-state index contributed by atoms with van der Waals surface area (Å²) in [7, 11) is 0. The van der Waals surface area contributed by atoms with Crippen molar-refractivity contribution in [3.8, 4) is 0 Å². The zero-order valence-electron chi connectivity index (χ0n) is 11.8. The second kappa shape index (κ2) is 5.94. The van der Waals surface area contributed by atoms with Crippen LogP contribution in [0.3, 0.4) is 0 Å². The van der Waals surface area contributed by atoms with Gasteiger partial charge in [-0.05, 0) is 37.4 Å². The average molecular weight is 274 g/mol. The highest BCUT2D eigenvalue weighted by Gasteiger charge is 2.53. The Bertz CT molecular complexity index is 453. The molecule has 0 amide bonds. The van der Waals surface area contributed by atoms with Crippen LogP contribution in [0.5, 0.6) is 0 Å². The molecule has 4 heteroatoms. The van der Waals surface area contributed by atoms with Gasteiger partial charge in [-0.3, -0.25) is 4.79 Å². The van der Waals surface area contributed by atoms with Crippen molar-refractivity contribution in [2.24, 2.45) is 11.8 Å². The fourth-order valence-corrected chi connectivity index (χ4v) is 3.24. The topological polar surface area (TPSA) is 50.4 Å². The molecule has 3 atom stereocenters. The predicted molar refractivity (Wildman–Crippen MR) is 77.2 cm³/mol. The number of rotatable bonds is 6. The molecule has 2 aliphatic rings. The number of carbonyl (C=O) groups excluding carboxylic acids is 1. The third-order valence-electron chi connectivity index (χ3n) is 4.36. The summed E-state index contributed by atoms with van der Waals surface area (Å²) in [6.45, 7) is 4.49. The SMILES string of the molecule is CCOC(=O)CC(NC1C2CNCC21)c1ccccc1. The molecule has 20 heavy (non-hydrogen) atoms. The average Bonchev–Trinajstić information content (AvgIpc) is 2.89. The highest BCUT2D eigenvalue weighted by molar-refractivity contribution is 5.70. The smallest absolute Gasteiger partial charge is 0.307 e. The molecule has 0 bridgehead atoms. The monoisotopic (exact) mass is 274 g/mol. The zero-order chi connectivity index (χ0) is 13.9. The first-order valence-electron chi connectivity index (χ1n) is 7.47. The van der Waals surface area contributed by atoms with Crippen LogP contribution in [0.2, 0.25) is 0 Å². The van der Waals surface area contributed by atoms with Gasteiger partial charge in [0, 0.05) is 12.1 Å². The Balaban J connectivity index is 1.65. The molecule has 1 heterocycles. The van der Waals surface area contributed by atoms with Crippen molar-refractivity contribution >= 4 is 5.97 Å². The van der Waals surface area contributed by atoms with Crippen LogP contribution in [0, 0.1) is 11.8 Å². The van der Waals surface area contributed by atoms with Crippen molar-refractivity contribution in [3.05, 3.63) is 35.9 Å². The van der Waals surface area contributed by atoms with E-state index in [1.807, 2.05) is 25.1 Å². The normalized spacial score (nSPS) is 28.8. The van der Waals surface area contributed by atoms with E-state index in [9.17, 15) is 4.79 Å². The molecule has 0 radical (unpaired) electrons. The molecule has 2 fully saturated rings. The number of ether oxygens (including phenoxy) is 1. The Morgan fingerprint density at radius 2 is 2.05 bits per heavy atom. The van der Waals surface area contributed by atoms with Crippen LogP contribution in [0.1, 0.15) is 24.9 Å². The molecule has 3 rings (SSSR count). The van der Waals surface area contributed by atoms with Crippen molar-refractivity contribution in [3.63, 3.8) is 0 Å². The van der Waals surface area contributed by atoms with E-state index in [0.29, 0.717) is 19.1 Å². The number of benzene rings is 1. The quantitative estimate of drug-likeness (QED) is 0.772. The van der Waals surface area contributed by atoms with Gasteiger partial charge < -0.3 is 15.4 Å². The van der Waals surface area contributed by atoms with Crippen LogP contribution in [-0.4, -0.2) is 31.7 Å². The summed E-state index contributed by atoms with van der Waals surface area (Å²) in [5.74, 6) is 1.35. The molecule has 4 nitrogen and oxygen atoms in total. The molecule has 0 aromatic heterocycles. The van der Waals surface area contributed by atoms with Gasteiger partial charge in [-0.25, -0.2) is 0 Å². The van der Waals surface area contributed by atoms with Gasteiger partial charge in [-0.1, -0.05) is 30.3 Å². The maximum Gasteiger partial charge on any atom is 0.307 e. The maximum absolute atomic E-state index is 11.8. The number of hydrogen-bond donors (Lipinski definition) is 2. The molecular formula is C16H22N2O2. The molecule has 1 saturated heterocycles. The Hall–Kier alpha value is -1.39. The highest BCUT2D eigenvalue weighted by Crippen LogP contribution is 2.43. The van der Waals surface area contributed by atoms with E-state index in [-0.39, 0.29) is 12.0 Å². The standard InChI is InChI=1S/C16H22N2O2/c1-2-20-15(19)8-14(11-6-4-3-5-7-11)18-16-12-9-17-10-13(12)16/h3-7,12-14,16-18H,2,8-10H2,1H3. The minimum atomic E-state index is -0.127. The molecule has 3 unspecified atom stereocenters. The van der Waals surface area contributed by atoms with Gasteiger partial charge in [0.2, 0.25) is 0 Å². The third kappa shape index (κ3) is 2.86. The van der Waals surface area contributed by atoms with Gasteiger partial charge >= 0.3 is 5.97 Å². The minimum Gasteiger partial charge on any atom is -0.466 e. The first-order valence-corrected chi connectivity index (χ1v) is 7.47. The van der Waals surface area contributed by atoms with E-state index < -0.39 is 0 Å². The summed E-state index contributed by atoms with van der Waals surface area (Å²) in [4.78, 5) is 11.8. The zero-order valence-corrected chi connectivity index (χ0v) is 11.8. The molecular weight excluding hydrogens is 252 g/mol. The Morgan fingerprint density at radius 3 is 2.70 bits per heavy atom. The lowest BCUT2D eigenvalue weighted by Crippen LogP contribution is -2.32. The van der Waals surface area contributed by atoms with E-state index in [2.05, 4.69) is 22.8 Å². The summed E-state index contributed by atoms with van der Waals surface area (Å²) < 4.78 is 5.10. The third-order valence-corrected chi connectivity index (χ3v) is 4.36. The summed E-state index contributed by atoms with van der Waals surface area (Å²) >= 11 is 0. The number of piperidine rings is 1. The maximum atomic E-state index is 11.8. The van der Waals surface area contributed by atoms with Crippen molar-refractivity contribution < 1.29 is 9.53 Å². The van der Waals surface area contributed by atoms with E-state index in [4.69, 9.17) is 4.74 Å². The van der Waals surface area contributed by atoms with Gasteiger partial charge in [0.05, 0.1) is 13.0 Å². The van der Waals surface area contributed by atoms with Crippen LogP contribution in [0.25, 0.3) is 0 Å². The van der Waals surface area contributed by atoms with Crippen molar-refractivity contribution in [2.75, 3.05) is 19.7 Å². The van der Waals surface area contributed by atoms with E-state index in [1.54, 1.807) is 0 Å². The molecule has 1 aliphatic carbocycles. The summed E-state index contributed by atoms with van der Waals surface area (Å²) in [5.41, 5.74) is 1.17. The molecule has 1 aliphatic heterocycles. The number of hydrogen-bond acceptors (Lipinski definition) is 4. The first kappa shape index (κ1) is 13.6. The van der Waals surface area contributed by atoms with Gasteiger partial charge in [0.15, 0.2) is 0 Å². The molecule has 1 aromatic rings. The largest absolute Gasteiger partial charge is 0.466 e. The van der Waals surface area contributed by atoms with E-state index >= 15 is 0 Å². The van der Waals surface area contributed by atoms with Gasteiger partial charge in [-0.15, -0.1) is 0 Å². The van der Waals surface area contributed by atoms with Crippen molar-refractivity contribution in [2.45, 2.75) is 25.4 Å². The number of nitrogens with one attached hydrogen (secondary N) is 2. The van der Waals surface area contributed by atoms with E-state index in [1.165, 1.54) is 5.56 Å². The first-order chi connectivity index (χ1) is 9.79. The second-order valence-corrected chi connectivity index (χ2v) is 5.65. The lowest BCUT2D eigenvalue weighted by molar-refractivity contribution is -0.143. The molecule has 108 valence electrons. The predicted octanol–water partition coefficient (Wildman–Crippen LogP) is 1.49. The van der Waals surface area contributed by atoms with Crippen molar-refractivity contribution in [1.29, 1.82) is 0 Å². The van der Waals surface area contributed by atoms with Crippen molar-refractivity contribution in [1.82, 2.24) is 10.6 Å². The lowest BCUT2D eigenvalue weighted by Gasteiger charge is -2.20. The van der Waals surface area contributed by atoms with E-state index in [0.717, 1.165) is 24.9 Å². The highest BCUT2D eigenvalue weighted by atomic mass is 16.5. The van der Waals surface area contributed by atoms with Crippen LogP contribution in [-0.2, 0) is 9.53 Å². The minimum absolute atomic E-state index is 0.0610. The molecule has 1 saturated carbocycles. The molecule has 0 spiro atoms. The fourth-order valence-electron chi connectivity index (χ4n) is 3.24. The van der Waals surface area contributed by atoms with Crippen LogP contribution in [0.4, 0.5) is 0 Å². The summed E-state index contributed by atoms with van der Waals surface area (Å²) in [6.07, 6.45) is 0.404. The van der Waals surface area contributed by atoms with Gasteiger partial charge in [0.25, 0.3) is 0 Å². The Labute approximate surface area is 119 Å². The Morgan fingerprint density at radius 1 is 1.35 bits per heavy atom. The van der Waals surface area contributed by atoms with Gasteiger partial charge in [-0.2, -0.15) is 0 Å². The van der Waals surface area contributed by atoms with Crippen LogP contribution < -0.4 is 10.6 Å². The van der Waals surface area contributed by atoms with Crippen LogP contribution in [0.15, 0.2) is 30.3 Å². The lowest BCUT2D eigenvalue weighted by atomic mass is 10.0. The molecule has 2 N–H and O–H groups in total. The van der Waals surface area contributed by atoms with Crippen LogP contribution >= 0.6 is 0 Å². The molecule has 1 aromatic carbocycles. The number of carbonyl (C=O) groups is 1. The van der Waals surface area contributed by atoms with Gasteiger partial charge in [0.1, 0.15) is 0 Å². The summed E-state index contributed by atoms with van der Waals surface area (Å²) in [5, 5.41) is 7.05. The second-order valence-electron chi connectivity index (χ2n) is 5.65. The number of esters is 1. The number of fused-ring (bicyclic) bond motifs is 1. The fraction of sp³-hybridized carbons (Fsp3) is 0.562. The summed E-state index contributed by atoms with van der Waals surface area (Å²) in [6, 6.07) is 10.8.